The fourth-order valence-electron chi connectivity index (χ4n) is 5.14. The molecule has 2 aromatic heterocycles. The molecule has 11 heteroatoms. The summed E-state index contributed by atoms with van der Waals surface area (Å²) in [6.45, 7) is 8.20. The zero-order valence-corrected chi connectivity index (χ0v) is 22.7. The van der Waals surface area contributed by atoms with Crippen molar-refractivity contribution in [2.24, 2.45) is 5.41 Å². The highest BCUT2D eigenvalue weighted by molar-refractivity contribution is 6.30. The summed E-state index contributed by atoms with van der Waals surface area (Å²) in [5.74, 6) is -1.63. The van der Waals surface area contributed by atoms with Gasteiger partial charge < -0.3 is 10.4 Å². The van der Waals surface area contributed by atoms with Crippen LogP contribution < -0.4 is 5.32 Å². The Kier molecular flexibility index (Phi) is 8.32. The molecule has 0 unspecified atom stereocenters. The first-order valence-corrected chi connectivity index (χ1v) is 13.2. The average molecular weight is 547 g/mol. The second-order valence-electron chi connectivity index (χ2n) is 10.4. The Bertz CT molecular complexity index is 1320. The Morgan fingerprint density at radius 2 is 2.08 bits per heavy atom. The van der Waals surface area contributed by atoms with Crippen LogP contribution >= 0.6 is 11.6 Å². The second kappa shape index (κ2) is 11.3. The number of anilines is 2. The van der Waals surface area contributed by atoms with E-state index in [2.05, 4.69) is 30.4 Å². The number of carboxylic acids is 1. The fourth-order valence-corrected chi connectivity index (χ4v) is 5.33. The van der Waals surface area contributed by atoms with E-state index in [1.165, 1.54) is 6.07 Å². The largest absolute Gasteiger partial charge is 0.481 e. The van der Waals surface area contributed by atoms with Crippen molar-refractivity contribution in [1.29, 1.82) is 0 Å². The third-order valence-electron chi connectivity index (χ3n) is 7.29. The van der Waals surface area contributed by atoms with Crippen LogP contribution in [0.1, 0.15) is 68.6 Å². The molecule has 3 N–H and O–H groups in total. The highest BCUT2D eigenvalue weighted by Gasteiger charge is 2.46. The number of benzene rings is 1. The van der Waals surface area contributed by atoms with Gasteiger partial charge in [-0.25, -0.2) is 18.7 Å². The van der Waals surface area contributed by atoms with Crippen LogP contribution in [-0.4, -0.2) is 48.7 Å². The number of halogens is 3. The summed E-state index contributed by atoms with van der Waals surface area (Å²) >= 11 is 5.96. The molecule has 0 radical (unpaired) electrons. The molecular weight excluding hydrogens is 514 g/mol. The first-order chi connectivity index (χ1) is 18.0. The van der Waals surface area contributed by atoms with E-state index in [0.29, 0.717) is 30.9 Å². The highest BCUT2D eigenvalue weighted by Crippen LogP contribution is 2.41. The second-order valence-corrected chi connectivity index (χ2v) is 10.8. The number of carboxylic acid groups (broad SMARTS) is 1. The Hall–Kier alpha value is -3.11. The molecule has 1 aliphatic rings. The molecule has 38 heavy (non-hydrogen) atoms. The number of carbonyl (C=O) groups is 1. The van der Waals surface area contributed by atoms with Gasteiger partial charge in [-0.1, -0.05) is 44.5 Å². The van der Waals surface area contributed by atoms with Crippen LogP contribution in [-0.2, 0) is 17.8 Å². The molecule has 1 aromatic carbocycles. The van der Waals surface area contributed by atoms with Crippen molar-refractivity contribution in [2.75, 3.05) is 11.9 Å². The molecule has 1 fully saturated rings. The van der Waals surface area contributed by atoms with Crippen molar-refractivity contribution in [1.82, 2.24) is 25.1 Å². The van der Waals surface area contributed by atoms with Gasteiger partial charge >= 0.3 is 5.97 Å². The molecule has 204 valence electrons. The number of aromatic amines is 1. The van der Waals surface area contributed by atoms with E-state index in [4.69, 9.17) is 11.6 Å². The number of nitrogens with one attached hydrogen (secondary N) is 2. The van der Waals surface area contributed by atoms with Gasteiger partial charge in [0.15, 0.2) is 11.6 Å². The predicted molar refractivity (Wildman–Crippen MR) is 142 cm³/mol. The van der Waals surface area contributed by atoms with Gasteiger partial charge in [-0.3, -0.25) is 14.8 Å². The first-order valence-electron chi connectivity index (χ1n) is 12.8. The minimum atomic E-state index is -1.23. The molecule has 3 heterocycles. The summed E-state index contributed by atoms with van der Waals surface area (Å²) in [6, 6.07) is 6.52. The summed E-state index contributed by atoms with van der Waals surface area (Å²) in [7, 11) is 0. The van der Waals surface area contributed by atoms with Gasteiger partial charge in [0.05, 0.1) is 21.8 Å². The summed E-state index contributed by atoms with van der Waals surface area (Å²) in [5.41, 5.74) is 0.342. The molecule has 0 spiro atoms. The van der Waals surface area contributed by atoms with Gasteiger partial charge in [-0.05, 0) is 44.7 Å². The molecule has 1 saturated heterocycles. The zero-order chi connectivity index (χ0) is 27.6. The van der Waals surface area contributed by atoms with Crippen LogP contribution in [0.3, 0.4) is 0 Å². The SMILES string of the molecule is CC[C@@H]1C[C@](Cc2nc(Nc3cc(C)[nH]n3)nc(C(C)C)c2F)(C(=O)O)CCN1Cc1cccc(Cl)c1F. The van der Waals surface area contributed by atoms with Gasteiger partial charge in [-0.2, -0.15) is 5.10 Å². The van der Waals surface area contributed by atoms with Crippen LogP contribution in [0.15, 0.2) is 24.3 Å². The van der Waals surface area contributed by atoms with Crippen LogP contribution in [0.2, 0.25) is 5.02 Å². The number of piperidine rings is 1. The third kappa shape index (κ3) is 5.81. The lowest BCUT2D eigenvalue weighted by molar-refractivity contribution is -0.154. The molecule has 0 aliphatic carbocycles. The predicted octanol–water partition coefficient (Wildman–Crippen LogP) is 5.99. The van der Waals surface area contributed by atoms with Crippen molar-refractivity contribution >= 4 is 29.3 Å². The van der Waals surface area contributed by atoms with Gasteiger partial charge in [0.2, 0.25) is 5.95 Å². The lowest BCUT2D eigenvalue weighted by atomic mass is 9.71. The topological polar surface area (TPSA) is 107 Å². The lowest BCUT2D eigenvalue weighted by Gasteiger charge is -2.44. The normalized spacial score (nSPS) is 20.2. The summed E-state index contributed by atoms with van der Waals surface area (Å²) in [4.78, 5) is 23.6. The van der Waals surface area contributed by atoms with Crippen LogP contribution in [0, 0.1) is 24.0 Å². The molecule has 4 rings (SSSR count). The van der Waals surface area contributed by atoms with Gasteiger partial charge in [0.1, 0.15) is 5.82 Å². The minimum Gasteiger partial charge on any atom is -0.481 e. The molecule has 2 atom stereocenters. The molecule has 3 aromatic rings. The number of rotatable bonds is 9. The van der Waals surface area contributed by atoms with Gasteiger partial charge in [0.25, 0.3) is 0 Å². The maximum absolute atomic E-state index is 15.6. The Labute approximate surface area is 225 Å². The average Bonchev–Trinajstić information content (AvgIpc) is 3.28. The van der Waals surface area contributed by atoms with E-state index in [1.54, 1.807) is 18.2 Å². The monoisotopic (exact) mass is 546 g/mol. The van der Waals surface area contributed by atoms with Crippen LogP contribution in [0.25, 0.3) is 0 Å². The van der Waals surface area contributed by atoms with Gasteiger partial charge in [-0.15, -0.1) is 0 Å². The number of nitrogens with zero attached hydrogens (tertiary/aromatic N) is 4. The number of aliphatic carboxylic acids is 1. The summed E-state index contributed by atoms with van der Waals surface area (Å²) < 4.78 is 30.2. The maximum atomic E-state index is 15.6. The van der Waals surface area contributed by atoms with Crippen LogP contribution in [0.4, 0.5) is 20.5 Å². The van der Waals surface area contributed by atoms with Crippen molar-refractivity contribution < 1.29 is 18.7 Å². The molecule has 0 saturated carbocycles. The Balaban J connectivity index is 1.63. The lowest BCUT2D eigenvalue weighted by Crippen LogP contribution is -2.50. The van der Waals surface area contributed by atoms with E-state index in [1.807, 2.05) is 27.7 Å². The number of aryl methyl sites for hydroxylation is 1. The number of hydrogen-bond donors (Lipinski definition) is 3. The zero-order valence-electron chi connectivity index (χ0n) is 22.0. The number of aromatic nitrogens is 4. The molecule has 0 amide bonds. The van der Waals surface area contributed by atoms with E-state index >= 15 is 4.39 Å². The number of hydrogen-bond acceptors (Lipinski definition) is 6. The van der Waals surface area contributed by atoms with E-state index < -0.39 is 23.0 Å². The molecule has 1 aliphatic heterocycles. The van der Waals surface area contributed by atoms with E-state index in [9.17, 15) is 14.3 Å². The molecule has 0 bridgehead atoms. The van der Waals surface area contributed by atoms with Crippen LogP contribution in [0.5, 0.6) is 0 Å². The summed E-state index contributed by atoms with van der Waals surface area (Å²) in [6.07, 6.45) is 1.12. The Morgan fingerprint density at radius 1 is 1.32 bits per heavy atom. The Morgan fingerprint density at radius 3 is 2.71 bits per heavy atom. The van der Waals surface area contributed by atoms with Crippen molar-refractivity contribution in [2.45, 2.75) is 71.9 Å². The smallest absolute Gasteiger partial charge is 0.310 e. The standard InChI is InChI=1S/C27H33ClF2N6O2/c1-5-18-12-27(25(37)38,9-10-36(18)14-17-7-6-8-19(28)22(17)29)13-20-23(30)24(15(2)3)33-26(31-20)32-21-11-16(4)34-35-21/h6-8,11,15,18H,5,9-10,12-14H2,1-4H3,(H,37,38)(H2,31,32,33,34,35)/t18-,27-/m1/s1. The van der Waals surface area contributed by atoms with Crippen molar-refractivity contribution in [3.63, 3.8) is 0 Å². The van der Waals surface area contributed by atoms with Crippen molar-refractivity contribution in [3.05, 3.63) is 63.6 Å². The number of H-pyrrole nitrogens is 1. The van der Waals surface area contributed by atoms with Crippen molar-refractivity contribution in [3.8, 4) is 0 Å². The highest BCUT2D eigenvalue weighted by atomic mass is 35.5. The minimum absolute atomic E-state index is 0.0575. The molecular formula is C27H33ClF2N6O2. The van der Waals surface area contributed by atoms with Gasteiger partial charge in [0, 0.05) is 36.3 Å². The summed E-state index contributed by atoms with van der Waals surface area (Å²) in [5, 5.41) is 20.4. The molecule has 8 nitrogen and oxygen atoms in total. The first kappa shape index (κ1) is 27.9. The fraction of sp³-hybridized carbons (Fsp3) is 0.481. The number of likely N-dealkylation sites (tertiary alicyclic amines) is 1. The quantitative estimate of drug-likeness (QED) is 0.302. The van der Waals surface area contributed by atoms with E-state index in [0.717, 1.165) is 5.69 Å². The van der Waals surface area contributed by atoms with E-state index in [-0.39, 0.29) is 53.6 Å². The maximum Gasteiger partial charge on any atom is 0.310 e. The third-order valence-corrected chi connectivity index (χ3v) is 7.59.